The van der Waals surface area contributed by atoms with E-state index in [2.05, 4.69) is 31.6 Å². The third-order valence-corrected chi connectivity index (χ3v) is 3.36. The molecule has 21 heavy (non-hydrogen) atoms. The molecular weight excluding hydrogens is 342 g/mol. The molecule has 2 rings (SSSR count). The van der Waals surface area contributed by atoms with Crippen LogP contribution in [0.25, 0.3) is 0 Å². The van der Waals surface area contributed by atoms with E-state index >= 15 is 0 Å². The van der Waals surface area contributed by atoms with Gasteiger partial charge in [0, 0.05) is 22.3 Å². The average molecular weight is 354 g/mol. The van der Waals surface area contributed by atoms with Gasteiger partial charge in [-0.1, -0.05) is 5.21 Å². The molecule has 1 amide bonds. The number of hydrogen-bond acceptors (Lipinski definition) is 5. The molecule has 0 aliphatic rings. The minimum absolute atomic E-state index is 0.137. The van der Waals surface area contributed by atoms with Crippen molar-refractivity contribution in [2.24, 2.45) is 0 Å². The van der Waals surface area contributed by atoms with Crippen LogP contribution in [0.4, 0.5) is 5.69 Å². The van der Waals surface area contributed by atoms with Crippen molar-refractivity contribution in [2.75, 3.05) is 12.3 Å². The number of carboxylic acid groups (broad SMARTS) is 1. The fourth-order valence-electron chi connectivity index (χ4n) is 1.58. The molecule has 4 N–H and O–H groups in total. The number of carboxylic acids is 1. The van der Waals surface area contributed by atoms with Crippen molar-refractivity contribution in [3.05, 3.63) is 40.1 Å². The summed E-state index contributed by atoms with van der Waals surface area (Å²) in [4.78, 5) is 22.5. The fourth-order valence-corrected chi connectivity index (χ4v) is 1.82. The summed E-state index contributed by atoms with van der Waals surface area (Å²) in [6.45, 7) is 0.606. The molecule has 0 unspecified atom stereocenters. The van der Waals surface area contributed by atoms with Gasteiger partial charge in [-0.25, -0.2) is 9.48 Å². The quantitative estimate of drug-likeness (QED) is 0.681. The zero-order chi connectivity index (χ0) is 15.4. The third kappa shape index (κ3) is 3.78. The van der Waals surface area contributed by atoms with Crippen LogP contribution in [0, 0.1) is 0 Å². The minimum atomic E-state index is -1.14. The Kier molecular flexibility index (Phi) is 4.53. The highest BCUT2D eigenvalue weighted by molar-refractivity contribution is 9.10. The van der Waals surface area contributed by atoms with Crippen molar-refractivity contribution < 1.29 is 14.7 Å². The Hall–Kier alpha value is -2.42. The van der Waals surface area contributed by atoms with Crippen LogP contribution >= 0.6 is 15.9 Å². The lowest BCUT2D eigenvalue weighted by Gasteiger charge is -2.06. The summed E-state index contributed by atoms with van der Waals surface area (Å²) in [5, 5.41) is 18.5. The van der Waals surface area contributed by atoms with E-state index < -0.39 is 5.97 Å². The molecule has 2 aromatic rings. The van der Waals surface area contributed by atoms with Gasteiger partial charge < -0.3 is 16.2 Å². The monoisotopic (exact) mass is 353 g/mol. The molecule has 0 spiro atoms. The largest absolute Gasteiger partial charge is 0.476 e. The number of rotatable bonds is 5. The second-order valence-electron chi connectivity index (χ2n) is 4.16. The number of hydrogen-bond donors (Lipinski definition) is 3. The Morgan fingerprint density at radius 3 is 2.81 bits per heavy atom. The smallest absolute Gasteiger partial charge is 0.358 e. The first kappa shape index (κ1) is 15.0. The van der Waals surface area contributed by atoms with Gasteiger partial charge in [-0.3, -0.25) is 4.79 Å². The van der Waals surface area contributed by atoms with Crippen LogP contribution in [0.15, 0.2) is 28.9 Å². The van der Waals surface area contributed by atoms with E-state index in [1.807, 2.05) is 0 Å². The number of anilines is 1. The summed E-state index contributed by atoms with van der Waals surface area (Å²) in [6.07, 6.45) is 1.30. The van der Waals surface area contributed by atoms with Crippen molar-refractivity contribution in [2.45, 2.75) is 6.54 Å². The zero-order valence-corrected chi connectivity index (χ0v) is 12.4. The summed E-state index contributed by atoms with van der Waals surface area (Å²) in [7, 11) is 0. The first-order valence-corrected chi connectivity index (χ1v) is 6.73. The molecule has 0 saturated heterocycles. The van der Waals surface area contributed by atoms with E-state index in [0.717, 1.165) is 4.47 Å². The molecule has 1 heterocycles. The Morgan fingerprint density at radius 2 is 2.19 bits per heavy atom. The SMILES string of the molecule is Nc1cc(C(=O)NCCn2cc(C(=O)O)nn2)ccc1Br. The number of carbonyl (C=O) groups excluding carboxylic acids is 1. The highest BCUT2D eigenvalue weighted by Gasteiger charge is 2.09. The molecule has 1 aromatic heterocycles. The van der Waals surface area contributed by atoms with Crippen LogP contribution in [-0.2, 0) is 6.54 Å². The van der Waals surface area contributed by atoms with Crippen molar-refractivity contribution in [1.29, 1.82) is 0 Å². The predicted molar refractivity (Wildman–Crippen MR) is 77.9 cm³/mol. The molecule has 0 aliphatic carbocycles. The molecule has 0 aliphatic heterocycles. The molecular formula is C12H12BrN5O3. The zero-order valence-electron chi connectivity index (χ0n) is 10.8. The summed E-state index contributed by atoms with van der Waals surface area (Å²) in [5.74, 6) is -1.41. The lowest BCUT2D eigenvalue weighted by atomic mass is 10.2. The van der Waals surface area contributed by atoms with E-state index in [0.29, 0.717) is 17.8 Å². The summed E-state index contributed by atoms with van der Waals surface area (Å²) < 4.78 is 2.07. The molecule has 9 heteroatoms. The lowest BCUT2D eigenvalue weighted by Crippen LogP contribution is -2.27. The maximum atomic E-state index is 11.9. The molecule has 110 valence electrons. The van der Waals surface area contributed by atoms with Crippen LogP contribution in [0.3, 0.4) is 0 Å². The van der Waals surface area contributed by atoms with E-state index in [-0.39, 0.29) is 18.1 Å². The molecule has 0 atom stereocenters. The Labute approximate surface area is 128 Å². The van der Waals surface area contributed by atoms with Gasteiger partial charge in [0.1, 0.15) is 0 Å². The molecule has 0 saturated carbocycles. The number of amides is 1. The summed E-state index contributed by atoms with van der Waals surface area (Å²) in [6, 6.07) is 4.91. The van der Waals surface area contributed by atoms with Crippen LogP contribution in [0.1, 0.15) is 20.8 Å². The predicted octanol–water partition coefficient (Wildman–Crippen LogP) is 0.751. The van der Waals surface area contributed by atoms with Gasteiger partial charge in [0.25, 0.3) is 5.91 Å². The van der Waals surface area contributed by atoms with Crippen LogP contribution in [0.5, 0.6) is 0 Å². The second kappa shape index (κ2) is 6.35. The Morgan fingerprint density at radius 1 is 1.43 bits per heavy atom. The number of nitrogen functional groups attached to an aromatic ring is 1. The number of benzene rings is 1. The van der Waals surface area contributed by atoms with Gasteiger partial charge in [-0.15, -0.1) is 5.10 Å². The molecule has 8 nitrogen and oxygen atoms in total. The van der Waals surface area contributed by atoms with Gasteiger partial charge >= 0.3 is 5.97 Å². The summed E-state index contributed by atoms with van der Waals surface area (Å²) in [5.41, 5.74) is 6.49. The van der Waals surface area contributed by atoms with E-state index in [1.54, 1.807) is 18.2 Å². The van der Waals surface area contributed by atoms with Gasteiger partial charge in [0.05, 0.1) is 12.7 Å². The standard InChI is InChI=1S/C12H12BrN5O3/c13-8-2-1-7(5-9(8)14)11(19)15-3-4-18-6-10(12(20)21)16-17-18/h1-2,5-6H,3-4,14H2,(H,15,19)(H,20,21). The Balaban J connectivity index is 1.88. The van der Waals surface area contributed by atoms with E-state index in [9.17, 15) is 9.59 Å². The van der Waals surface area contributed by atoms with Gasteiger partial charge in [-0.05, 0) is 34.1 Å². The number of aromatic nitrogens is 3. The molecule has 0 radical (unpaired) electrons. The molecule has 1 aromatic carbocycles. The highest BCUT2D eigenvalue weighted by Crippen LogP contribution is 2.19. The number of nitrogens with two attached hydrogens (primary N) is 1. The molecule has 0 fully saturated rings. The number of nitrogens with zero attached hydrogens (tertiary/aromatic N) is 3. The average Bonchev–Trinajstić information content (AvgIpc) is 2.91. The van der Waals surface area contributed by atoms with Gasteiger partial charge in [-0.2, -0.15) is 0 Å². The highest BCUT2D eigenvalue weighted by atomic mass is 79.9. The number of halogens is 1. The topological polar surface area (TPSA) is 123 Å². The maximum absolute atomic E-state index is 11.9. The van der Waals surface area contributed by atoms with Crippen molar-refractivity contribution in [1.82, 2.24) is 20.3 Å². The Bertz CT molecular complexity index is 685. The number of aromatic carboxylic acids is 1. The summed E-state index contributed by atoms with van der Waals surface area (Å²) >= 11 is 3.25. The van der Waals surface area contributed by atoms with Crippen molar-refractivity contribution in [3.63, 3.8) is 0 Å². The number of carbonyl (C=O) groups is 2. The van der Waals surface area contributed by atoms with Crippen LogP contribution in [-0.4, -0.2) is 38.5 Å². The molecule has 0 bridgehead atoms. The van der Waals surface area contributed by atoms with Crippen molar-refractivity contribution in [3.8, 4) is 0 Å². The van der Waals surface area contributed by atoms with E-state index in [4.69, 9.17) is 10.8 Å². The number of nitrogens with one attached hydrogen (secondary N) is 1. The second-order valence-corrected chi connectivity index (χ2v) is 5.02. The first-order valence-electron chi connectivity index (χ1n) is 5.94. The van der Waals surface area contributed by atoms with Crippen molar-refractivity contribution >= 4 is 33.5 Å². The maximum Gasteiger partial charge on any atom is 0.358 e. The normalized spacial score (nSPS) is 10.3. The van der Waals surface area contributed by atoms with Crippen LogP contribution < -0.4 is 11.1 Å². The van der Waals surface area contributed by atoms with E-state index in [1.165, 1.54) is 10.9 Å². The lowest BCUT2D eigenvalue weighted by molar-refractivity contribution is 0.0690. The third-order valence-electron chi connectivity index (χ3n) is 2.64. The fraction of sp³-hybridized carbons (Fsp3) is 0.167. The van der Waals surface area contributed by atoms with Gasteiger partial charge in [0.15, 0.2) is 5.69 Å². The van der Waals surface area contributed by atoms with Gasteiger partial charge in [0.2, 0.25) is 0 Å². The van der Waals surface area contributed by atoms with Crippen LogP contribution in [0.2, 0.25) is 0 Å². The minimum Gasteiger partial charge on any atom is -0.476 e. The first-order chi connectivity index (χ1) is 9.97.